The SMILES string of the molecule is CN(C)c1ccc(/C=C/c2sc3ccccc3[n+]2CCOCCOCC[n+]2c(/C=C/c3ccc(N(C)C)cc3)sc3ccccc32)cc1. The highest BCUT2D eigenvalue weighted by atomic mass is 32.1. The van der Waals surface area contributed by atoms with E-state index < -0.39 is 0 Å². The smallest absolute Gasteiger partial charge is 0.262 e. The first-order valence-corrected chi connectivity index (χ1v) is 18.0. The fourth-order valence-corrected chi connectivity index (χ4v) is 7.73. The first-order chi connectivity index (χ1) is 23.5. The summed E-state index contributed by atoms with van der Waals surface area (Å²) in [5, 5.41) is 2.42. The molecule has 0 fully saturated rings. The highest BCUT2D eigenvalue weighted by Gasteiger charge is 2.19. The van der Waals surface area contributed by atoms with Gasteiger partial charge in [-0.05, 0) is 59.7 Å². The number of ether oxygens (including phenoxy) is 2. The van der Waals surface area contributed by atoms with Crippen molar-refractivity contribution in [2.75, 3.05) is 64.4 Å². The lowest BCUT2D eigenvalue weighted by Gasteiger charge is -2.11. The van der Waals surface area contributed by atoms with Gasteiger partial charge in [0, 0.05) is 63.9 Å². The average molecular weight is 677 g/mol. The predicted molar refractivity (Wildman–Crippen MR) is 205 cm³/mol. The van der Waals surface area contributed by atoms with E-state index in [1.165, 1.54) is 53.0 Å². The molecule has 6 rings (SSSR count). The van der Waals surface area contributed by atoms with Crippen LogP contribution < -0.4 is 18.9 Å². The second-order valence-electron chi connectivity index (χ2n) is 12.0. The molecule has 0 aliphatic heterocycles. The second kappa shape index (κ2) is 16.2. The molecule has 0 bridgehead atoms. The zero-order valence-corrected chi connectivity index (χ0v) is 29.8. The maximum Gasteiger partial charge on any atom is 0.262 e. The summed E-state index contributed by atoms with van der Waals surface area (Å²) in [5.74, 6) is 0. The van der Waals surface area contributed by atoms with Crippen LogP contribution in [0, 0.1) is 0 Å². The molecule has 4 aromatic carbocycles. The van der Waals surface area contributed by atoms with Crippen LogP contribution in [0.2, 0.25) is 0 Å². The summed E-state index contributed by atoms with van der Waals surface area (Å²) in [6.45, 7) is 3.96. The van der Waals surface area contributed by atoms with Gasteiger partial charge in [0.05, 0.1) is 13.2 Å². The Balaban J connectivity index is 1.01. The van der Waals surface area contributed by atoms with Crippen molar-refractivity contribution in [2.24, 2.45) is 0 Å². The predicted octanol–water partition coefficient (Wildman–Crippen LogP) is 7.90. The zero-order valence-electron chi connectivity index (χ0n) is 28.2. The van der Waals surface area contributed by atoms with Crippen LogP contribution in [0.5, 0.6) is 0 Å². The van der Waals surface area contributed by atoms with Gasteiger partial charge in [0.1, 0.15) is 22.6 Å². The van der Waals surface area contributed by atoms with E-state index in [4.69, 9.17) is 9.47 Å². The summed E-state index contributed by atoms with van der Waals surface area (Å²) in [7, 11) is 8.25. The maximum atomic E-state index is 6.06. The fourth-order valence-electron chi connectivity index (χ4n) is 5.55. The Hall–Kier alpha value is -4.34. The fraction of sp³-hybridized carbons (Fsp3) is 0.250. The summed E-state index contributed by atoms with van der Waals surface area (Å²) in [6.07, 6.45) is 8.81. The van der Waals surface area contributed by atoms with Crippen molar-refractivity contribution in [3.63, 3.8) is 0 Å². The van der Waals surface area contributed by atoms with Crippen molar-refractivity contribution in [1.29, 1.82) is 0 Å². The van der Waals surface area contributed by atoms with Gasteiger partial charge in [-0.3, -0.25) is 0 Å². The summed E-state index contributed by atoms with van der Waals surface area (Å²) < 4.78 is 19.4. The number of benzene rings is 4. The van der Waals surface area contributed by atoms with Crippen LogP contribution in [-0.2, 0) is 22.6 Å². The van der Waals surface area contributed by atoms with E-state index in [0.29, 0.717) is 26.4 Å². The van der Waals surface area contributed by atoms with Crippen LogP contribution in [0.3, 0.4) is 0 Å². The van der Waals surface area contributed by atoms with Gasteiger partial charge in [0.2, 0.25) is 11.0 Å². The molecule has 0 amide bonds. The number of para-hydroxylation sites is 2. The van der Waals surface area contributed by atoms with E-state index in [0.717, 1.165) is 13.1 Å². The van der Waals surface area contributed by atoms with Gasteiger partial charge < -0.3 is 19.3 Å². The minimum atomic E-state index is 0.566. The van der Waals surface area contributed by atoms with Crippen LogP contribution in [0.25, 0.3) is 44.7 Å². The summed E-state index contributed by atoms with van der Waals surface area (Å²) in [5.41, 5.74) is 7.24. The van der Waals surface area contributed by atoms with Crippen LogP contribution in [-0.4, -0.2) is 54.6 Å². The molecule has 0 saturated carbocycles. The Labute approximate surface area is 292 Å². The summed E-state index contributed by atoms with van der Waals surface area (Å²) in [4.78, 5) is 4.23. The third-order valence-electron chi connectivity index (χ3n) is 8.22. The van der Waals surface area contributed by atoms with Crippen molar-refractivity contribution >= 4 is 78.8 Å². The van der Waals surface area contributed by atoms with Gasteiger partial charge >= 0.3 is 0 Å². The van der Waals surface area contributed by atoms with Crippen molar-refractivity contribution in [2.45, 2.75) is 13.1 Å². The Bertz CT molecular complexity index is 1840. The van der Waals surface area contributed by atoms with E-state index in [1.54, 1.807) is 0 Å². The highest BCUT2D eigenvalue weighted by molar-refractivity contribution is 7.19. The summed E-state index contributed by atoms with van der Waals surface area (Å²) in [6, 6.07) is 34.4. The lowest BCUT2D eigenvalue weighted by Crippen LogP contribution is -2.38. The molecule has 0 saturated heterocycles. The van der Waals surface area contributed by atoms with E-state index >= 15 is 0 Å². The van der Waals surface area contributed by atoms with Crippen LogP contribution in [0.4, 0.5) is 11.4 Å². The molecule has 0 aliphatic carbocycles. The van der Waals surface area contributed by atoms with Gasteiger partial charge in [-0.2, -0.15) is 9.13 Å². The number of fused-ring (bicyclic) bond motifs is 2. The molecule has 0 atom stereocenters. The number of hydrogen-bond donors (Lipinski definition) is 0. The molecule has 0 aliphatic rings. The van der Waals surface area contributed by atoms with Crippen LogP contribution >= 0.6 is 22.7 Å². The van der Waals surface area contributed by atoms with Gasteiger partial charge in [-0.25, -0.2) is 0 Å². The molecule has 6 aromatic rings. The maximum absolute atomic E-state index is 6.06. The first kappa shape index (κ1) is 33.6. The third-order valence-corrected chi connectivity index (χ3v) is 10.5. The van der Waals surface area contributed by atoms with Crippen molar-refractivity contribution in [3.8, 4) is 0 Å². The highest BCUT2D eigenvalue weighted by Crippen LogP contribution is 2.24. The number of aromatic nitrogens is 2. The topological polar surface area (TPSA) is 32.7 Å². The van der Waals surface area contributed by atoms with E-state index in [-0.39, 0.29) is 0 Å². The first-order valence-electron chi connectivity index (χ1n) is 16.4. The Morgan fingerprint density at radius 2 is 0.896 bits per heavy atom. The normalized spacial score (nSPS) is 11.8. The van der Waals surface area contributed by atoms with Gasteiger partial charge in [0.15, 0.2) is 13.1 Å². The standard InChI is InChI=1S/C40H44N4O2S2/c1-41(2)33-19-13-31(14-20-33)17-23-39-43(35-9-5-7-11-37(35)47-39)25-27-45-29-30-46-28-26-44-36-10-6-8-12-38(36)48-40(44)24-18-32-15-21-34(22-16-32)42(3)4/h5-24H,25-30H2,1-4H3/q+2. The van der Waals surface area contributed by atoms with Gasteiger partial charge in [0.25, 0.3) is 10.0 Å². The molecule has 48 heavy (non-hydrogen) atoms. The number of rotatable bonds is 15. The summed E-state index contributed by atoms with van der Waals surface area (Å²) >= 11 is 3.62. The lowest BCUT2D eigenvalue weighted by atomic mass is 10.2. The van der Waals surface area contributed by atoms with Gasteiger partial charge in [-0.1, -0.05) is 71.2 Å². The zero-order chi connectivity index (χ0) is 33.3. The molecule has 0 unspecified atom stereocenters. The molecular formula is C40H44N4O2S2+2. The van der Waals surface area contributed by atoms with Crippen molar-refractivity contribution in [1.82, 2.24) is 0 Å². The minimum Gasteiger partial charge on any atom is -0.378 e. The number of anilines is 2. The molecule has 2 heterocycles. The average Bonchev–Trinajstić information content (AvgIpc) is 3.65. The van der Waals surface area contributed by atoms with E-state index in [2.05, 4.69) is 168 Å². The monoisotopic (exact) mass is 676 g/mol. The number of thiazole rings is 2. The molecule has 2 aromatic heterocycles. The van der Waals surface area contributed by atoms with E-state index in [9.17, 15) is 0 Å². The van der Waals surface area contributed by atoms with Gasteiger partial charge in [-0.15, -0.1) is 0 Å². The molecule has 0 spiro atoms. The Morgan fingerprint density at radius 1 is 0.500 bits per heavy atom. The molecule has 6 nitrogen and oxygen atoms in total. The quantitative estimate of drug-likeness (QED) is 0.0818. The molecular weight excluding hydrogens is 633 g/mol. The molecule has 8 heteroatoms. The van der Waals surface area contributed by atoms with Crippen molar-refractivity contribution < 1.29 is 18.6 Å². The van der Waals surface area contributed by atoms with Crippen LogP contribution in [0.15, 0.2) is 97.1 Å². The van der Waals surface area contributed by atoms with Crippen LogP contribution in [0.1, 0.15) is 21.1 Å². The second-order valence-corrected chi connectivity index (χ2v) is 14.1. The third kappa shape index (κ3) is 8.38. The Morgan fingerprint density at radius 3 is 1.29 bits per heavy atom. The van der Waals surface area contributed by atoms with Crippen molar-refractivity contribution in [3.05, 3.63) is 118 Å². The largest absolute Gasteiger partial charge is 0.378 e. The lowest BCUT2D eigenvalue weighted by molar-refractivity contribution is -0.671. The molecule has 0 N–H and O–H groups in total. The molecule has 246 valence electrons. The number of hydrogen-bond acceptors (Lipinski definition) is 6. The minimum absolute atomic E-state index is 0.566. The Kier molecular flexibility index (Phi) is 11.3. The number of nitrogens with zero attached hydrogens (tertiary/aromatic N) is 4. The molecule has 0 radical (unpaired) electrons. The van der Waals surface area contributed by atoms with E-state index in [1.807, 2.05) is 22.7 Å².